The molecular weight excluding hydrogens is 382 g/mol. The lowest BCUT2D eigenvalue weighted by Crippen LogP contribution is -2.53. The second-order valence-corrected chi connectivity index (χ2v) is 11.7. The maximum Gasteiger partial charge on any atom is 0.139 e. The fourth-order valence-corrected chi connectivity index (χ4v) is 7.83. The molecule has 6 unspecified atom stereocenters. The first-order valence-electron chi connectivity index (χ1n) is 12.9. The van der Waals surface area contributed by atoms with E-state index in [1.54, 1.807) is 5.57 Å². The molecule has 0 saturated heterocycles. The van der Waals surface area contributed by atoms with Gasteiger partial charge in [0.1, 0.15) is 5.78 Å². The van der Waals surface area contributed by atoms with Gasteiger partial charge in [-0.05, 0) is 101 Å². The quantitative estimate of drug-likeness (QED) is 0.471. The van der Waals surface area contributed by atoms with Crippen LogP contribution in [0, 0.1) is 34.5 Å². The van der Waals surface area contributed by atoms with Gasteiger partial charge < -0.3 is 10.2 Å². The summed E-state index contributed by atoms with van der Waals surface area (Å²) in [6.07, 6.45) is 15.4. The van der Waals surface area contributed by atoms with E-state index in [-0.39, 0.29) is 5.41 Å². The van der Waals surface area contributed by atoms with Crippen LogP contribution in [0.15, 0.2) is 16.6 Å². The summed E-state index contributed by atoms with van der Waals surface area (Å²) in [4.78, 5) is 19.4. The van der Waals surface area contributed by atoms with E-state index in [0.29, 0.717) is 17.1 Å². The van der Waals surface area contributed by atoms with Crippen molar-refractivity contribution in [1.82, 2.24) is 10.2 Å². The number of nitrogens with zero attached hydrogens (tertiary/aromatic N) is 2. The molecule has 4 aliphatic carbocycles. The van der Waals surface area contributed by atoms with E-state index < -0.39 is 0 Å². The van der Waals surface area contributed by atoms with E-state index in [1.165, 1.54) is 44.9 Å². The Kier molecular flexibility index (Phi) is 7.08. The van der Waals surface area contributed by atoms with Gasteiger partial charge >= 0.3 is 0 Å². The SMILES string of the molecule is CN(C)CCNCCN=CC=C1CCC2(C)C(CCC3C4CCC(=O)C4(C)CCC32)C1. The van der Waals surface area contributed by atoms with Gasteiger partial charge in [-0.2, -0.15) is 0 Å². The Balaban J connectivity index is 1.30. The van der Waals surface area contributed by atoms with Crippen LogP contribution in [-0.4, -0.2) is 57.2 Å². The Labute approximate surface area is 190 Å². The average molecular weight is 428 g/mol. The first-order chi connectivity index (χ1) is 14.8. The molecule has 31 heavy (non-hydrogen) atoms. The van der Waals surface area contributed by atoms with Crippen molar-refractivity contribution in [2.75, 3.05) is 40.3 Å². The first-order valence-corrected chi connectivity index (χ1v) is 12.9. The minimum Gasteiger partial charge on any atom is -0.314 e. The number of nitrogens with one attached hydrogen (secondary N) is 1. The molecule has 4 saturated carbocycles. The molecule has 6 atom stereocenters. The molecule has 4 heteroatoms. The Hall–Kier alpha value is -1.00. The summed E-state index contributed by atoms with van der Waals surface area (Å²) in [6, 6.07) is 0. The number of carbonyl (C=O) groups excluding carboxylic acids is 1. The molecule has 0 spiro atoms. The summed E-state index contributed by atoms with van der Waals surface area (Å²) in [5.41, 5.74) is 2.12. The van der Waals surface area contributed by atoms with Crippen LogP contribution < -0.4 is 5.32 Å². The number of rotatable bonds is 7. The summed E-state index contributed by atoms with van der Waals surface area (Å²) in [5.74, 6) is 3.73. The van der Waals surface area contributed by atoms with Crippen molar-refractivity contribution in [2.45, 2.75) is 71.6 Å². The third kappa shape index (κ3) is 4.57. The third-order valence-corrected chi connectivity index (χ3v) is 9.84. The average Bonchev–Trinajstić information content (AvgIpc) is 3.04. The number of allylic oxidation sites excluding steroid dienone is 2. The number of fused-ring (bicyclic) bond motifs is 5. The fraction of sp³-hybridized carbons (Fsp3) is 0.852. The number of carbonyl (C=O) groups is 1. The number of aliphatic imine (C=N–C) groups is 1. The largest absolute Gasteiger partial charge is 0.314 e. The van der Waals surface area contributed by atoms with E-state index >= 15 is 0 Å². The maximum absolute atomic E-state index is 12.6. The Morgan fingerprint density at radius 3 is 2.71 bits per heavy atom. The highest BCUT2D eigenvalue weighted by atomic mass is 16.1. The van der Waals surface area contributed by atoms with Gasteiger partial charge in [-0.15, -0.1) is 0 Å². The van der Waals surface area contributed by atoms with E-state index in [4.69, 9.17) is 0 Å². The van der Waals surface area contributed by atoms with Crippen molar-refractivity contribution in [1.29, 1.82) is 0 Å². The minimum absolute atomic E-state index is 0.0158. The zero-order valence-electron chi connectivity index (χ0n) is 20.5. The summed E-state index contributed by atoms with van der Waals surface area (Å²) in [5, 5.41) is 3.45. The zero-order chi connectivity index (χ0) is 22.1. The second-order valence-electron chi connectivity index (χ2n) is 11.7. The van der Waals surface area contributed by atoms with Crippen molar-refractivity contribution in [3.63, 3.8) is 0 Å². The standard InChI is InChI=1S/C27H45N3O/c1-26-12-9-20(11-14-28-15-16-29-17-18-30(3)4)19-21(26)5-6-22-23-7-8-25(31)27(23,2)13-10-24(22)26/h11,14,21-24,29H,5-10,12-13,15-19H2,1-4H3. The molecule has 4 rings (SSSR count). The lowest BCUT2D eigenvalue weighted by Gasteiger charge is -2.59. The summed E-state index contributed by atoms with van der Waals surface area (Å²) >= 11 is 0. The molecule has 4 aliphatic rings. The molecule has 0 aromatic carbocycles. The van der Waals surface area contributed by atoms with E-state index in [2.05, 4.69) is 55.4 Å². The van der Waals surface area contributed by atoms with Gasteiger partial charge in [0, 0.05) is 37.7 Å². The first kappa shape index (κ1) is 23.2. The second kappa shape index (κ2) is 9.47. The van der Waals surface area contributed by atoms with Gasteiger partial charge in [-0.25, -0.2) is 0 Å². The monoisotopic (exact) mass is 427 g/mol. The van der Waals surface area contributed by atoms with Crippen LogP contribution in [-0.2, 0) is 4.79 Å². The number of ketones is 1. The van der Waals surface area contributed by atoms with Crippen LogP contribution in [0.1, 0.15) is 71.6 Å². The van der Waals surface area contributed by atoms with Crippen LogP contribution in [0.3, 0.4) is 0 Å². The van der Waals surface area contributed by atoms with Crippen LogP contribution >= 0.6 is 0 Å². The van der Waals surface area contributed by atoms with Crippen molar-refractivity contribution in [3.05, 3.63) is 11.6 Å². The van der Waals surface area contributed by atoms with Crippen LogP contribution in [0.2, 0.25) is 0 Å². The molecular formula is C27H45N3O. The van der Waals surface area contributed by atoms with Gasteiger partial charge in [-0.1, -0.05) is 19.4 Å². The van der Waals surface area contributed by atoms with Crippen LogP contribution in [0.4, 0.5) is 0 Å². The van der Waals surface area contributed by atoms with E-state index in [9.17, 15) is 4.79 Å². The van der Waals surface area contributed by atoms with Gasteiger partial charge in [0.2, 0.25) is 0 Å². The highest BCUT2D eigenvalue weighted by Gasteiger charge is 2.59. The smallest absolute Gasteiger partial charge is 0.139 e. The van der Waals surface area contributed by atoms with Gasteiger partial charge in [0.25, 0.3) is 0 Å². The maximum atomic E-state index is 12.6. The molecule has 0 radical (unpaired) electrons. The Morgan fingerprint density at radius 2 is 1.90 bits per heavy atom. The molecule has 4 nitrogen and oxygen atoms in total. The highest BCUT2D eigenvalue weighted by Crippen LogP contribution is 2.65. The minimum atomic E-state index is 0.0158. The summed E-state index contributed by atoms with van der Waals surface area (Å²) in [7, 11) is 4.21. The third-order valence-electron chi connectivity index (χ3n) is 9.84. The number of likely N-dealkylation sites (N-methyl/N-ethyl adjacent to an activating group) is 1. The highest BCUT2D eigenvalue weighted by molar-refractivity contribution is 5.87. The Morgan fingerprint density at radius 1 is 1.06 bits per heavy atom. The fourth-order valence-electron chi connectivity index (χ4n) is 7.83. The summed E-state index contributed by atoms with van der Waals surface area (Å²) < 4.78 is 0. The number of Topliss-reactive ketones (excluding diaryl/α,β-unsaturated/α-hetero) is 1. The normalized spacial score (nSPS) is 41.6. The van der Waals surface area contributed by atoms with Gasteiger partial charge in [0.05, 0.1) is 6.54 Å². The molecule has 0 bridgehead atoms. The van der Waals surface area contributed by atoms with E-state index in [1.807, 2.05) is 0 Å². The zero-order valence-corrected chi connectivity index (χ0v) is 20.5. The topological polar surface area (TPSA) is 44.7 Å². The van der Waals surface area contributed by atoms with Gasteiger partial charge in [0.15, 0.2) is 0 Å². The van der Waals surface area contributed by atoms with Crippen LogP contribution in [0.25, 0.3) is 0 Å². The molecule has 0 aromatic rings. The predicted molar refractivity (Wildman–Crippen MR) is 130 cm³/mol. The molecule has 0 aliphatic heterocycles. The number of hydrogen-bond donors (Lipinski definition) is 1. The van der Waals surface area contributed by atoms with Crippen molar-refractivity contribution < 1.29 is 4.79 Å². The molecule has 0 aromatic heterocycles. The molecule has 0 amide bonds. The van der Waals surface area contributed by atoms with Crippen LogP contribution in [0.5, 0.6) is 0 Å². The van der Waals surface area contributed by atoms with Gasteiger partial charge in [-0.3, -0.25) is 9.79 Å². The lowest BCUT2D eigenvalue weighted by atomic mass is 9.45. The van der Waals surface area contributed by atoms with E-state index in [0.717, 1.165) is 56.8 Å². The predicted octanol–water partition coefficient (Wildman–Crippen LogP) is 4.75. The molecule has 4 fully saturated rings. The Bertz CT molecular complexity index is 713. The molecule has 174 valence electrons. The van der Waals surface area contributed by atoms with Crippen molar-refractivity contribution in [2.24, 2.45) is 39.5 Å². The number of hydrogen-bond acceptors (Lipinski definition) is 4. The van der Waals surface area contributed by atoms with Crippen molar-refractivity contribution in [3.8, 4) is 0 Å². The lowest BCUT2D eigenvalue weighted by molar-refractivity contribution is -0.137. The molecule has 0 heterocycles. The van der Waals surface area contributed by atoms with Crippen molar-refractivity contribution >= 4 is 12.0 Å². The molecule has 1 N–H and O–H groups in total. The summed E-state index contributed by atoms with van der Waals surface area (Å²) in [6.45, 7) is 8.84.